The van der Waals surface area contributed by atoms with E-state index in [2.05, 4.69) is 9.40 Å². The van der Waals surface area contributed by atoms with Gasteiger partial charge in [-0.2, -0.15) is 0 Å². The molecule has 0 radical (unpaired) electrons. The number of rotatable bonds is 2. The Balaban J connectivity index is 2.90. The van der Waals surface area contributed by atoms with Crippen LogP contribution in [0.1, 0.15) is 29.5 Å². The lowest BCUT2D eigenvalue weighted by Crippen LogP contribution is -1.96. The van der Waals surface area contributed by atoms with Crippen LogP contribution in [0.3, 0.4) is 0 Å². The van der Waals surface area contributed by atoms with Gasteiger partial charge >= 0.3 is 5.97 Å². The Bertz CT molecular complexity index is 269. The second-order valence-electron chi connectivity index (χ2n) is 1.99. The van der Waals surface area contributed by atoms with Gasteiger partial charge in [0.05, 0.1) is 0 Å². The first-order valence-corrected chi connectivity index (χ1v) is 2.94. The van der Waals surface area contributed by atoms with Gasteiger partial charge in [-0.1, -0.05) is 0 Å². The molecule has 0 aliphatic carbocycles. The number of halogens is 1. The summed E-state index contributed by atoms with van der Waals surface area (Å²) in [4.78, 5) is 13.6. The number of nitrogens with zero attached hydrogens (tertiary/aromatic N) is 1. The molecule has 1 rings (SSSR count). The van der Waals surface area contributed by atoms with Gasteiger partial charge in [0.15, 0.2) is 11.9 Å². The highest BCUT2D eigenvalue weighted by atomic mass is 19.1. The van der Waals surface area contributed by atoms with E-state index >= 15 is 0 Å². The minimum atomic E-state index is -1.37. The molecule has 0 aromatic carbocycles. The van der Waals surface area contributed by atoms with E-state index in [9.17, 15) is 9.18 Å². The van der Waals surface area contributed by atoms with Crippen molar-refractivity contribution >= 4 is 5.97 Å². The van der Waals surface area contributed by atoms with E-state index in [0.29, 0.717) is 0 Å². The van der Waals surface area contributed by atoms with Gasteiger partial charge in [0, 0.05) is 0 Å². The molecule has 1 aromatic rings. The molecule has 4 nitrogen and oxygen atoms in total. The molecule has 0 aliphatic heterocycles. The number of oxazole rings is 1. The number of aromatic nitrogens is 1. The van der Waals surface area contributed by atoms with E-state index < -0.39 is 12.1 Å². The van der Waals surface area contributed by atoms with Crippen LogP contribution in [-0.2, 0) is 0 Å². The predicted molar refractivity (Wildman–Crippen MR) is 33.0 cm³/mol. The van der Waals surface area contributed by atoms with Crippen molar-refractivity contribution in [3.8, 4) is 0 Å². The minimum Gasteiger partial charge on any atom is -0.476 e. The molecule has 1 unspecified atom stereocenters. The highest BCUT2D eigenvalue weighted by molar-refractivity contribution is 5.84. The molecule has 1 heterocycles. The van der Waals surface area contributed by atoms with Gasteiger partial charge in [-0.05, 0) is 6.92 Å². The van der Waals surface area contributed by atoms with Crippen molar-refractivity contribution in [2.45, 2.75) is 13.1 Å². The summed E-state index contributed by atoms with van der Waals surface area (Å²) in [7, 11) is 0. The van der Waals surface area contributed by atoms with E-state index in [1.54, 1.807) is 0 Å². The SMILES string of the molecule is CC(F)c1nc(C(=O)O)co1. The Morgan fingerprint density at radius 3 is 2.82 bits per heavy atom. The van der Waals surface area contributed by atoms with E-state index in [1.807, 2.05) is 0 Å². The highest BCUT2D eigenvalue weighted by Gasteiger charge is 2.14. The van der Waals surface area contributed by atoms with Crippen molar-refractivity contribution < 1.29 is 18.7 Å². The normalized spacial score (nSPS) is 12.9. The summed E-state index contributed by atoms with van der Waals surface area (Å²) < 4.78 is 16.9. The third-order valence-corrected chi connectivity index (χ3v) is 1.08. The molecule has 0 saturated carbocycles. The molecular weight excluding hydrogens is 153 g/mol. The first kappa shape index (κ1) is 7.71. The number of hydrogen-bond acceptors (Lipinski definition) is 3. The number of hydrogen-bond donors (Lipinski definition) is 1. The third kappa shape index (κ3) is 1.54. The molecule has 60 valence electrons. The van der Waals surface area contributed by atoms with E-state index in [4.69, 9.17) is 5.11 Å². The smallest absolute Gasteiger partial charge is 0.357 e. The average molecular weight is 159 g/mol. The van der Waals surface area contributed by atoms with Crippen LogP contribution in [0, 0.1) is 0 Å². The van der Waals surface area contributed by atoms with Crippen LogP contribution < -0.4 is 0 Å². The number of carboxylic acids is 1. The standard InChI is InChI=1S/C6H6FNO3/c1-3(7)5-8-4(2-11-5)6(9)10/h2-3H,1H3,(H,9,10). The molecule has 0 amide bonds. The van der Waals surface area contributed by atoms with Crippen molar-refractivity contribution in [1.82, 2.24) is 4.98 Å². The van der Waals surface area contributed by atoms with Crippen LogP contribution in [0.4, 0.5) is 4.39 Å². The van der Waals surface area contributed by atoms with Crippen molar-refractivity contribution in [1.29, 1.82) is 0 Å². The van der Waals surface area contributed by atoms with Gasteiger partial charge in [0.1, 0.15) is 6.26 Å². The summed E-state index contributed by atoms with van der Waals surface area (Å²) >= 11 is 0. The maximum Gasteiger partial charge on any atom is 0.357 e. The van der Waals surface area contributed by atoms with Crippen LogP contribution >= 0.6 is 0 Å². The summed E-state index contributed by atoms with van der Waals surface area (Å²) in [5, 5.41) is 8.33. The van der Waals surface area contributed by atoms with Gasteiger partial charge in [-0.25, -0.2) is 14.2 Å². The Hall–Kier alpha value is -1.39. The number of carboxylic acid groups (broad SMARTS) is 1. The van der Waals surface area contributed by atoms with Gasteiger partial charge < -0.3 is 9.52 Å². The summed E-state index contributed by atoms with van der Waals surface area (Å²) in [6.07, 6.45) is -0.462. The van der Waals surface area contributed by atoms with Crippen molar-refractivity contribution in [3.05, 3.63) is 17.8 Å². The second kappa shape index (κ2) is 2.69. The van der Waals surface area contributed by atoms with Crippen LogP contribution in [0.15, 0.2) is 10.7 Å². The number of alkyl halides is 1. The summed E-state index contributed by atoms with van der Waals surface area (Å²) in [5.41, 5.74) is -0.274. The van der Waals surface area contributed by atoms with Crippen LogP contribution in [0.2, 0.25) is 0 Å². The van der Waals surface area contributed by atoms with Crippen LogP contribution in [0.25, 0.3) is 0 Å². The average Bonchev–Trinajstić information content (AvgIpc) is 2.33. The van der Waals surface area contributed by atoms with Crippen molar-refractivity contribution in [2.75, 3.05) is 0 Å². The molecule has 1 atom stereocenters. The molecule has 0 aliphatic rings. The van der Waals surface area contributed by atoms with E-state index in [1.165, 1.54) is 6.92 Å². The molecule has 11 heavy (non-hydrogen) atoms. The third-order valence-electron chi connectivity index (χ3n) is 1.08. The monoisotopic (exact) mass is 159 g/mol. The molecule has 1 N–H and O–H groups in total. The summed E-state index contributed by atoms with van der Waals surface area (Å²) in [6.45, 7) is 1.22. The molecule has 0 saturated heterocycles. The lowest BCUT2D eigenvalue weighted by Gasteiger charge is -1.89. The topological polar surface area (TPSA) is 63.3 Å². The fourth-order valence-corrected chi connectivity index (χ4v) is 0.569. The van der Waals surface area contributed by atoms with Gasteiger partial charge in [-0.3, -0.25) is 0 Å². The molecule has 0 bridgehead atoms. The first-order valence-electron chi connectivity index (χ1n) is 2.94. The minimum absolute atomic E-state index is 0.206. The van der Waals surface area contributed by atoms with Crippen molar-refractivity contribution in [2.24, 2.45) is 0 Å². The lowest BCUT2D eigenvalue weighted by molar-refractivity contribution is 0.0690. The zero-order valence-corrected chi connectivity index (χ0v) is 5.74. The van der Waals surface area contributed by atoms with Crippen molar-refractivity contribution in [3.63, 3.8) is 0 Å². The largest absolute Gasteiger partial charge is 0.476 e. The summed E-state index contributed by atoms with van der Waals surface area (Å²) in [6, 6.07) is 0. The zero-order chi connectivity index (χ0) is 8.43. The van der Waals surface area contributed by atoms with Gasteiger partial charge in [0.25, 0.3) is 0 Å². The fourth-order valence-electron chi connectivity index (χ4n) is 0.569. The number of carbonyl (C=O) groups is 1. The van der Waals surface area contributed by atoms with E-state index in [-0.39, 0.29) is 11.6 Å². The quantitative estimate of drug-likeness (QED) is 0.708. The van der Waals surface area contributed by atoms with Gasteiger partial charge in [0.2, 0.25) is 5.89 Å². The Morgan fingerprint density at radius 1 is 1.91 bits per heavy atom. The summed E-state index contributed by atoms with van der Waals surface area (Å²) in [5.74, 6) is -1.43. The molecule has 0 fully saturated rings. The second-order valence-corrected chi connectivity index (χ2v) is 1.99. The zero-order valence-electron chi connectivity index (χ0n) is 5.74. The number of aromatic carboxylic acids is 1. The highest BCUT2D eigenvalue weighted by Crippen LogP contribution is 2.14. The first-order chi connectivity index (χ1) is 5.11. The molecule has 1 aromatic heterocycles. The molecule has 0 spiro atoms. The van der Waals surface area contributed by atoms with Crippen LogP contribution in [-0.4, -0.2) is 16.1 Å². The lowest BCUT2D eigenvalue weighted by atomic mass is 10.4. The predicted octanol–water partition coefficient (Wildman–Crippen LogP) is 1.40. The maximum absolute atomic E-state index is 12.4. The fraction of sp³-hybridized carbons (Fsp3) is 0.333. The Morgan fingerprint density at radius 2 is 2.55 bits per heavy atom. The Kier molecular flexibility index (Phi) is 1.89. The van der Waals surface area contributed by atoms with Gasteiger partial charge in [-0.15, -0.1) is 0 Å². The maximum atomic E-state index is 12.4. The van der Waals surface area contributed by atoms with Crippen LogP contribution in [0.5, 0.6) is 0 Å². The molecular formula is C6H6FNO3. The Labute approximate surface area is 61.7 Å². The molecule has 5 heteroatoms. The van der Waals surface area contributed by atoms with E-state index in [0.717, 1.165) is 6.26 Å².